The number of rotatable bonds is 4. The smallest absolute Gasteiger partial charge is 0.330 e. The molecule has 0 saturated carbocycles. The minimum atomic E-state index is -0.332. The predicted molar refractivity (Wildman–Crippen MR) is 92.0 cm³/mol. The molecule has 0 atom stereocenters. The molecule has 3 aromatic heterocycles. The van der Waals surface area contributed by atoms with Gasteiger partial charge in [0.2, 0.25) is 0 Å². The number of ether oxygens (including phenoxy) is 1. The predicted octanol–water partition coefficient (Wildman–Crippen LogP) is 5.39. The van der Waals surface area contributed by atoms with Crippen molar-refractivity contribution in [3.05, 3.63) is 52.7 Å². The molecule has 0 N–H and O–H groups in total. The minimum Gasteiger partial charge on any atom is -0.466 e. The second-order valence-corrected chi connectivity index (χ2v) is 7.35. The van der Waals surface area contributed by atoms with E-state index in [-0.39, 0.29) is 5.97 Å². The van der Waals surface area contributed by atoms with E-state index in [1.165, 1.54) is 32.7 Å². The standard InChI is InChI=1S/C16H12O2S3/c1-18-16(17)9-5-11-4-6-14(20-11)15-8-7-13(21-15)12-3-2-10-19-12/h2-10H,1H3/b9-5+. The van der Waals surface area contributed by atoms with Gasteiger partial charge in [-0.1, -0.05) is 6.07 Å². The molecular weight excluding hydrogens is 320 g/mol. The Balaban J connectivity index is 1.80. The van der Waals surface area contributed by atoms with Gasteiger partial charge in [0.25, 0.3) is 0 Å². The zero-order valence-electron chi connectivity index (χ0n) is 11.2. The summed E-state index contributed by atoms with van der Waals surface area (Å²) in [6.07, 6.45) is 3.23. The molecule has 5 heteroatoms. The van der Waals surface area contributed by atoms with Crippen molar-refractivity contribution in [3.8, 4) is 19.5 Å². The Kier molecular flexibility index (Phi) is 4.34. The van der Waals surface area contributed by atoms with E-state index in [1.807, 2.05) is 6.07 Å². The molecule has 0 unspecified atom stereocenters. The van der Waals surface area contributed by atoms with E-state index in [0.29, 0.717) is 0 Å². The zero-order chi connectivity index (χ0) is 14.7. The lowest BCUT2D eigenvalue weighted by Gasteiger charge is -1.90. The average molecular weight is 332 g/mol. The van der Waals surface area contributed by atoms with Gasteiger partial charge in [0.05, 0.1) is 7.11 Å². The maximum atomic E-state index is 11.1. The topological polar surface area (TPSA) is 26.3 Å². The number of esters is 1. The van der Waals surface area contributed by atoms with Crippen LogP contribution in [0, 0.1) is 0 Å². The Morgan fingerprint density at radius 2 is 1.71 bits per heavy atom. The second kappa shape index (κ2) is 6.39. The lowest BCUT2D eigenvalue weighted by molar-refractivity contribution is -0.134. The highest BCUT2D eigenvalue weighted by molar-refractivity contribution is 7.26. The molecule has 0 radical (unpaired) electrons. The van der Waals surface area contributed by atoms with Crippen LogP contribution >= 0.6 is 34.0 Å². The second-order valence-electron chi connectivity index (χ2n) is 4.20. The number of hydrogen-bond acceptors (Lipinski definition) is 5. The fourth-order valence-corrected chi connectivity index (χ4v) is 4.66. The molecule has 3 aromatic rings. The molecule has 0 aliphatic rings. The van der Waals surface area contributed by atoms with E-state index in [2.05, 4.69) is 40.4 Å². The van der Waals surface area contributed by atoms with Crippen LogP contribution in [0.1, 0.15) is 4.88 Å². The van der Waals surface area contributed by atoms with Gasteiger partial charge in [0, 0.05) is 30.5 Å². The maximum absolute atomic E-state index is 11.1. The highest BCUT2D eigenvalue weighted by Crippen LogP contribution is 2.39. The number of carbonyl (C=O) groups is 1. The Bertz CT molecular complexity index is 763. The van der Waals surface area contributed by atoms with Crippen molar-refractivity contribution in [2.75, 3.05) is 7.11 Å². The first kappa shape index (κ1) is 14.3. The van der Waals surface area contributed by atoms with Crippen LogP contribution in [0.15, 0.2) is 47.9 Å². The van der Waals surface area contributed by atoms with E-state index >= 15 is 0 Å². The third kappa shape index (κ3) is 3.32. The van der Waals surface area contributed by atoms with Crippen LogP contribution in [0.2, 0.25) is 0 Å². The molecule has 0 spiro atoms. The van der Waals surface area contributed by atoms with E-state index in [1.54, 1.807) is 40.1 Å². The van der Waals surface area contributed by atoms with Gasteiger partial charge in [-0.3, -0.25) is 0 Å². The molecule has 3 rings (SSSR count). The van der Waals surface area contributed by atoms with Crippen molar-refractivity contribution >= 4 is 46.1 Å². The first-order chi connectivity index (χ1) is 10.3. The summed E-state index contributed by atoms with van der Waals surface area (Å²) in [6.45, 7) is 0. The van der Waals surface area contributed by atoms with Gasteiger partial charge in [0.15, 0.2) is 0 Å². The van der Waals surface area contributed by atoms with Gasteiger partial charge in [-0.05, 0) is 41.8 Å². The zero-order valence-corrected chi connectivity index (χ0v) is 13.7. The third-order valence-corrected chi connectivity index (χ3v) is 6.22. The summed E-state index contributed by atoms with van der Waals surface area (Å²) >= 11 is 5.21. The van der Waals surface area contributed by atoms with Crippen molar-refractivity contribution in [2.45, 2.75) is 0 Å². The Morgan fingerprint density at radius 3 is 2.43 bits per heavy atom. The van der Waals surface area contributed by atoms with Crippen LogP contribution in [0.4, 0.5) is 0 Å². The maximum Gasteiger partial charge on any atom is 0.330 e. The number of methoxy groups -OCH3 is 1. The highest BCUT2D eigenvalue weighted by Gasteiger charge is 2.07. The molecule has 0 fully saturated rings. The summed E-state index contributed by atoms with van der Waals surface area (Å²) in [6, 6.07) is 12.6. The molecule has 21 heavy (non-hydrogen) atoms. The van der Waals surface area contributed by atoms with Gasteiger partial charge in [-0.15, -0.1) is 34.0 Å². The molecule has 2 nitrogen and oxygen atoms in total. The average Bonchev–Trinajstić information content (AvgIpc) is 3.23. The minimum absolute atomic E-state index is 0.332. The monoisotopic (exact) mass is 332 g/mol. The Labute approximate surface area is 135 Å². The van der Waals surface area contributed by atoms with Crippen molar-refractivity contribution in [1.82, 2.24) is 0 Å². The molecule has 106 valence electrons. The highest BCUT2D eigenvalue weighted by atomic mass is 32.1. The summed E-state index contributed by atoms with van der Waals surface area (Å²) in [5.74, 6) is -0.332. The van der Waals surface area contributed by atoms with Crippen LogP contribution in [-0.4, -0.2) is 13.1 Å². The summed E-state index contributed by atoms with van der Waals surface area (Å²) in [7, 11) is 1.38. The van der Waals surface area contributed by atoms with Crippen molar-refractivity contribution < 1.29 is 9.53 Å². The summed E-state index contributed by atoms with van der Waals surface area (Å²) in [5, 5.41) is 2.09. The van der Waals surface area contributed by atoms with E-state index in [0.717, 1.165) is 4.88 Å². The Hall–Kier alpha value is -1.69. The largest absolute Gasteiger partial charge is 0.466 e. The van der Waals surface area contributed by atoms with E-state index in [4.69, 9.17) is 0 Å². The first-order valence-electron chi connectivity index (χ1n) is 6.26. The summed E-state index contributed by atoms with van der Waals surface area (Å²) in [4.78, 5) is 17.2. The normalized spacial score (nSPS) is 11.1. The Morgan fingerprint density at radius 1 is 1.00 bits per heavy atom. The van der Waals surface area contributed by atoms with E-state index in [9.17, 15) is 4.79 Å². The third-order valence-electron chi connectivity index (χ3n) is 2.82. The SMILES string of the molecule is COC(=O)/C=C/c1ccc(-c2ccc(-c3cccs3)s2)s1. The molecule has 0 saturated heterocycles. The van der Waals surface area contributed by atoms with Crippen molar-refractivity contribution in [2.24, 2.45) is 0 Å². The van der Waals surface area contributed by atoms with Gasteiger partial charge < -0.3 is 4.74 Å². The van der Waals surface area contributed by atoms with Gasteiger partial charge >= 0.3 is 5.97 Å². The fourth-order valence-electron chi connectivity index (χ4n) is 1.81. The van der Waals surface area contributed by atoms with Crippen molar-refractivity contribution in [1.29, 1.82) is 0 Å². The molecule has 0 amide bonds. The lowest BCUT2D eigenvalue weighted by Crippen LogP contribution is -1.92. The van der Waals surface area contributed by atoms with E-state index < -0.39 is 0 Å². The van der Waals surface area contributed by atoms with Gasteiger partial charge in [0.1, 0.15) is 0 Å². The summed E-state index contributed by atoms with van der Waals surface area (Å²) < 4.78 is 4.59. The molecule has 0 bridgehead atoms. The summed E-state index contributed by atoms with van der Waals surface area (Å²) in [5.41, 5.74) is 0. The molecule has 3 heterocycles. The van der Waals surface area contributed by atoms with Crippen LogP contribution in [0.3, 0.4) is 0 Å². The number of hydrogen-bond donors (Lipinski definition) is 0. The van der Waals surface area contributed by atoms with Crippen LogP contribution < -0.4 is 0 Å². The van der Waals surface area contributed by atoms with Crippen LogP contribution in [-0.2, 0) is 9.53 Å². The number of carbonyl (C=O) groups excluding carboxylic acids is 1. The first-order valence-corrected chi connectivity index (χ1v) is 8.77. The van der Waals surface area contributed by atoms with Crippen molar-refractivity contribution in [3.63, 3.8) is 0 Å². The molecule has 0 aliphatic carbocycles. The molecular formula is C16H12O2S3. The van der Waals surface area contributed by atoms with Gasteiger partial charge in [-0.2, -0.15) is 0 Å². The molecule has 0 aliphatic heterocycles. The van der Waals surface area contributed by atoms with Crippen LogP contribution in [0.25, 0.3) is 25.6 Å². The lowest BCUT2D eigenvalue weighted by atomic mass is 10.3. The van der Waals surface area contributed by atoms with Gasteiger partial charge in [-0.25, -0.2) is 4.79 Å². The quantitative estimate of drug-likeness (QED) is 0.473. The fraction of sp³-hybridized carbons (Fsp3) is 0.0625. The molecule has 0 aromatic carbocycles. The van der Waals surface area contributed by atoms with Crippen LogP contribution in [0.5, 0.6) is 0 Å². The number of thiophene rings is 3.